The lowest BCUT2D eigenvalue weighted by molar-refractivity contribution is -0.126. The third-order valence-electron chi connectivity index (χ3n) is 4.28. The van der Waals surface area contributed by atoms with Gasteiger partial charge in [-0.2, -0.15) is 0 Å². The molecule has 0 aromatic carbocycles. The van der Waals surface area contributed by atoms with Gasteiger partial charge in [0, 0.05) is 17.5 Å². The van der Waals surface area contributed by atoms with Crippen molar-refractivity contribution < 1.29 is 4.79 Å². The standard InChI is InChI=1S/C15H25N3OS/c1-11-14(20-10-16-11)8-9-18(3)12(2)15(19)17-13-6-4-5-7-13/h10,12-13H,4-9H2,1-3H3,(H,17,19). The molecule has 0 aliphatic heterocycles. The van der Waals surface area contributed by atoms with Crippen LogP contribution >= 0.6 is 11.3 Å². The number of nitrogens with zero attached hydrogens (tertiary/aromatic N) is 2. The summed E-state index contributed by atoms with van der Waals surface area (Å²) in [6, 6.07) is 0.339. The van der Waals surface area contributed by atoms with E-state index in [9.17, 15) is 4.79 Å². The van der Waals surface area contributed by atoms with Gasteiger partial charge in [0.1, 0.15) is 0 Å². The monoisotopic (exact) mass is 295 g/mol. The van der Waals surface area contributed by atoms with Crippen molar-refractivity contribution in [2.24, 2.45) is 0 Å². The van der Waals surface area contributed by atoms with Gasteiger partial charge in [-0.3, -0.25) is 9.69 Å². The number of amides is 1. The van der Waals surface area contributed by atoms with Gasteiger partial charge in [0.2, 0.25) is 5.91 Å². The van der Waals surface area contributed by atoms with Crippen LogP contribution < -0.4 is 5.32 Å². The first-order valence-electron chi connectivity index (χ1n) is 7.47. The molecule has 1 saturated carbocycles. The third-order valence-corrected chi connectivity index (χ3v) is 5.27. The second kappa shape index (κ2) is 7.18. The zero-order valence-corrected chi connectivity index (χ0v) is 13.5. The fraction of sp³-hybridized carbons (Fsp3) is 0.733. The lowest BCUT2D eigenvalue weighted by Crippen LogP contribution is -2.46. The van der Waals surface area contributed by atoms with Crippen molar-refractivity contribution in [1.82, 2.24) is 15.2 Å². The van der Waals surface area contributed by atoms with Gasteiger partial charge >= 0.3 is 0 Å². The van der Waals surface area contributed by atoms with Gasteiger partial charge in [-0.1, -0.05) is 12.8 Å². The van der Waals surface area contributed by atoms with E-state index < -0.39 is 0 Å². The molecule has 1 fully saturated rings. The number of rotatable bonds is 6. The number of nitrogens with one attached hydrogen (secondary N) is 1. The van der Waals surface area contributed by atoms with E-state index >= 15 is 0 Å². The molecule has 1 unspecified atom stereocenters. The van der Waals surface area contributed by atoms with Gasteiger partial charge < -0.3 is 5.32 Å². The Morgan fingerprint density at radius 1 is 1.55 bits per heavy atom. The van der Waals surface area contributed by atoms with Gasteiger partial charge in [-0.15, -0.1) is 11.3 Å². The average molecular weight is 295 g/mol. The van der Waals surface area contributed by atoms with Gasteiger partial charge in [0.15, 0.2) is 0 Å². The zero-order valence-electron chi connectivity index (χ0n) is 12.7. The highest BCUT2D eigenvalue weighted by Crippen LogP contribution is 2.18. The van der Waals surface area contributed by atoms with E-state index in [1.807, 2.05) is 26.4 Å². The van der Waals surface area contributed by atoms with E-state index in [4.69, 9.17) is 0 Å². The number of hydrogen-bond acceptors (Lipinski definition) is 4. The molecular formula is C15H25N3OS. The molecule has 5 heteroatoms. The maximum atomic E-state index is 12.2. The van der Waals surface area contributed by atoms with Gasteiger partial charge in [-0.05, 0) is 40.2 Å². The summed E-state index contributed by atoms with van der Waals surface area (Å²) in [4.78, 5) is 19.9. The van der Waals surface area contributed by atoms with Gasteiger partial charge in [-0.25, -0.2) is 4.98 Å². The van der Waals surface area contributed by atoms with Crippen molar-refractivity contribution in [3.05, 3.63) is 16.1 Å². The van der Waals surface area contributed by atoms with Crippen molar-refractivity contribution in [2.75, 3.05) is 13.6 Å². The van der Waals surface area contributed by atoms with Crippen LogP contribution in [-0.4, -0.2) is 41.5 Å². The number of carbonyl (C=O) groups is 1. The summed E-state index contributed by atoms with van der Waals surface area (Å²) in [7, 11) is 2.02. The molecule has 1 atom stereocenters. The minimum atomic E-state index is -0.0659. The minimum absolute atomic E-state index is 0.0659. The summed E-state index contributed by atoms with van der Waals surface area (Å²) in [5, 5.41) is 3.17. The first-order valence-corrected chi connectivity index (χ1v) is 8.35. The number of aryl methyl sites for hydroxylation is 1. The highest BCUT2D eigenvalue weighted by molar-refractivity contribution is 7.09. The Kier molecular flexibility index (Phi) is 5.54. The lowest BCUT2D eigenvalue weighted by atomic mass is 10.2. The van der Waals surface area contributed by atoms with Crippen LogP contribution in [0.15, 0.2) is 5.51 Å². The van der Waals surface area contributed by atoms with Crippen LogP contribution in [0.1, 0.15) is 43.2 Å². The summed E-state index contributed by atoms with van der Waals surface area (Å²) in [6.07, 6.45) is 5.75. The number of hydrogen-bond donors (Lipinski definition) is 1. The van der Waals surface area contributed by atoms with Crippen LogP contribution in [-0.2, 0) is 11.2 Å². The Morgan fingerprint density at radius 3 is 2.85 bits per heavy atom. The summed E-state index contributed by atoms with van der Waals surface area (Å²) in [6.45, 7) is 4.92. The highest BCUT2D eigenvalue weighted by Gasteiger charge is 2.23. The Balaban J connectivity index is 1.77. The van der Waals surface area contributed by atoms with E-state index in [-0.39, 0.29) is 11.9 Å². The van der Waals surface area contributed by atoms with Crippen LogP contribution in [0.4, 0.5) is 0 Å². The summed E-state index contributed by atoms with van der Waals surface area (Å²) >= 11 is 1.70. The van der Waals surface area contributed by atoms with Crippen LogP contribution in [0.3, 0.4) is 0 Å². The Morgan fingerprint density at radius 2 is 2.25 bits per heavy atom. The Hall–Kier alpha value is -0.940. The maximum absolute atomic E-state index is 12.2. The van der Waals surface area contributed by atoms with Crippen molar-refractivity contribution in [3.8, 4) is 0 Å². The van der Waals surface area contributed by atoms with Crippen molar-refractivity contribution in [3.63, 3.8) is 0 Å². The van der Waals surface area contributed by atoms with Crippen molar-refractivity contribution in [2.45, 2.75) is 58.0 Å². The molecule has 2 rings (SSSR count). The second-order valence-electron chi connectivity index (χ2n) is 5.76. The zero-order chi connectivity index (χ0) is 14.5. The third kappa shape index (κ3) is 4.03. The fourth-order valence-electron chi connectivity index (χ4n) is 2.63. The van der Waals surface area contributed by atoms with E-state index in [1.54, 1.807) is 11.3 Å². The molecule has 1 aromatic rings. The number of thiazole rings is 1. The molecule has 4 nitrogen and oxygen atoms in total. The molecule has 1 amide bonds. The molecule has 0 saturated heterocycles. The maximum Gasteiger partial charge on any atom is 0.237 e. The predicted molar refractivity (Wildman–Crippen MR) is 83.0 cm³/mol. The Labute approximate surface area is 125 Å². The van der Waals surface area contributed by atoms with E-state index in [0.717, 1.165) is 31.5 Å². The molecule has 1 aliphatic carbocycles. The van der Waals surface area contributed by atoms with Crippen molar-refractivity contribution >= 4 is 17.2 Å². The largest absolute Gasteiger partial charge is 0.352 e. The molecule has 0 spiro atoms. The molecule has 1 heterocycles. The van der Waals surface area contributed by atoms with Crippen LogP contribution in [0, 0.1) is 6.92 Å². The molecule has 0 radical (unpaired) electrons. The van der Waals surface area contributed by atoms with E-state index in [2.05, 4.69) is 15.2 Å². The first-order chi connectivity index (χ1) is 9.58. The highest BCUT2D eigenvalue weighted by atomic mass is 32.1. The van der Waals surface area contributed by atoms with Crippen LogP contribution in [0.2, 0.25) is 0 Å². The molecule has 0 bridgehead atoms. The molecule has 1 N–H and O–H groups in total. The van der Waals surface area contributed by atoms with Crippen LogP contribution in [0.5, 0.6) is 0 Å². The number of likely N-dealkylation sites (N-methyl/N-ethyl adjacent to an activating group) is 1. The first kappa shape index (κ1) is 15.4. The molecule has 112 valence electrons. The number of carbonyl (C=O) groups excluding carboxylic acids is 1. The summed E-state index contributed by atoms with van der Waals surface area (Å²) in [5.41, 5.74) is 3.01. The van der Waals surface area contributed by atoms with E-state index in [0.29, 0.717) is 6.04 Å². The lowest BCUT2D eigenvalue weighted by Gasteiger charge is -2.25. The van der Waals surface area contributed by atoms with Gasteiger partial charge in [0.05, 0.1) is 17.2 Å². The molecule has 20 heavy (non-hydrogen) atoms. The minimum Gasteiger partial charge on any atom is -0.352 e. The van der Waals surface area contributed by atoms with Crippen molar-refractivity contribution in [1.29, 1.82) is 0 Å². The molecule has 1 aliphatic rings. The second-order valence-corrected chi connectivity index (χ2v) is 6.70. The normalized spacial score (nSPS) is 17.6. The summed E-state index contributed by atoms with van der Waals surface area (Å²) < 4.78 is 0. The predicted octanol–water partition coefficient (Wildman–Crippen LogP) is 2.37. The Bertz CT molecular complexity index is 440. The average Bonchev–Trinajstić information content (AvgIpc) is 3.07. The molecule has 1 aromatic heterocycles. The van der Waals surface area contributed by atoms with Crippen LogP contribution in [0.25, 0.3) is 0 Å². The topological polar surface area (TPSA) is 45.2 Å². The van der Waals surface area contributed by atoms with Gasteiger partial charge in [0.25, 0.3) is 0 Å². The quantitative estimate of drug-likeness (QED) is 0.876. The SMILES string of the molecule is Cc1ncsc1CCN(C)C(C)C(=O)NC1CCCC1. The van der Waals surface area contributed by atoms with E-state index in [1.165, 1.54) is 17.7 Å². The fourth-order valence-corrected chi connectivity index (χ4v) is 3.40. The molecular weight excluding hydrogens is 270 g/mol. The smallest absolute Gasteiger partial charge is 0.237 e. The summed E-state index contributed by atoms with van der Waals surface area (Å²) in [5.74, 6) is 0.167. The number of aromatic nitrogens is 1.